The van der Waals surface area contributed by atoms with Crippen LogP contribution < -0.4 is 5.06 Å². The summed E-state index contributed by atoms with van der Waals surface area (Å²) in [6.45, 7) is 6.06. The van der Waals surface area contributed by atoms with Gasteiger partial charge < -0.3 is 4.74 Å². The Hall–Kier alpha value is -1.10. The van der Waals surface area contributed by atoms with Crippen LogP contribution in [0, 0.1) is 0 Å². The first-order chi connectivity index (χ1) is 8.85. The van der Waals surface area contributed by atoms with E-state index in [0.29, 0.717) is 17.3 Å². The second kappa shape index (κ2) is 5.49. The highest BCUT2D eigenvalue weighted by Gasteiger charge is 2.28. The lowest BCUT2D eigenvalue weighted by atomic mass is 10.1. The molecule has 2 atom stereocenters. The van der Waals surface area contributed by atoms with Crippen LogP contribution >= 0.6 is 11.6 Å². The van der Waals surface area contributed by atoms with Gasteiger partial charge in [0.25, 0.3) is 0 Å². The summed E-state index contributed by atoms with van der Waals surface area (Å²) in [6, 6.07) is 3.27. The maximum atomic E-state index is 10.1. The Morgan fingerprint density at radius 3 is 2.68 bits per heavy atom. The predicted molar refractivity (Wildman–Crippen MR) is 75.7 cm³/mol. The summed E-state index contributed by atoms with van der Waals surface area (Å²) in [5, 5.41) is 11.8. The zero-order chi connectivity index (χ0) is 14.0. The maximum absolute atomic E-state index is 10.1. The highest BCUT2D eigenvalue weighted by molar-refractivity contribution is 6.30. The van der Waals surface area contributed by atoms with Gasteiger partial charge in [-0.3, -0.25) is 5.21 Å². The molecule has 0 amide bonds. The van der Waals surface area contributed by atoms with Gasteiger partial charge in [-0.2, -0.15) is 0 Å². The average Bonchev–Trinajstić information content (AvgIpc) is 2.75. The summed E-state index contributed by atoms with van der Waals surface area (Å²) < 4.78 is 5.87. The molecule has 0 radical (unpaired) electrons. The molecule has 1 aromatic heterocycles. The van der Waals surface area contributed by atoms with E-state index < -0.39 is 0 Å². The van der Waals surface area contributed by atoms with Crippen molar-refractivity contribution in [3.63, 3.8) is 0 Å². The van der Waals surface area contributed by atoms with Gasteiger partial charge in [-0.1, -0.05) is 23.8 Å². The van der Waals surface area contributed by atoms with Crippen molar-refractivity contribution in [2.45, 2.75) is 44.9 Å². The van der Waals surface area contributed by atoms with Gasteiger partial charge >= 0.3 is 0 Å². The van der Waals surface area contributed by atoms with Gasteiger partial charge in [0.15, 0.2) is 5.82 Å². The second-order valence-corrected chi connectivity index (χ2v) is 6.07. The van der Waals surface area contributed by atoms with Crippen LogP contribution in [0.2, 0.25) is 5.02 Å². The predicted octanol–water partition coefficient (Wildman–Crippen LogP) is 3.44. The fourth-order valence-corrected chi connectivity index (χ4v) is 2.16. The number of anilines is 1. The van der Waals surface area contributed by atoms with Gasteiger partial charge in [0.05, 0.1) is 22.8 Å². The van der Waals surface area contributed by atoms with Crippen molar-refractivity contribution in [2.75, 3.05) is 5.06 Å². The third kappa shape index (κ3) is 3.93. The lowest BCUT2D eigenvalue weighted by Crippen LogP contribution is -2.33. The van der Waals surface area contributed by atoms with Crippen LogP contribution in [0.3, 0.4) is 0 Å². The Bertz CT molecular complexity index is 454. The van der Waals surface area contributed by atoms with Gasteiger partial charge in [-0.05, 0) is 32.9 Å². The summed E-state index contributed by atoms with van der Waals surface area (Å²) in [5.74, 6) is 0.482. The molecule has 2 rings (SSSR count). The number of aromatic nitrogens is 1. The summed E-state index contributed by atoms with van der Waals surface area (Å²) >= 11 is 5.78. The number of pyridine rings is 1. The molecule has 104 valence electrons. The van der Waals surface area contributed by atoms with Crippen LogP contribution in [0.15, 0.2) is 30.5 Å². The van der Waals surface area contributed by atoms with Crippen molar-refractivity contribution in [1.29, 1.82) is 0 Å². The van der Waals surface area contributed by atoms with E-state index in [1.165, 1.54) is 6.20 Å². The Morgan fingerprint density at radius 2 is 2.11 bits per heavy atom. The molecule has 1 aliphatic carbocycles. The van der Waals surface area contributed by atoms with Gasteiger partial charge in [0, 0.05) is 12.6 Å². The topological polar surface area (TPSA) is 45.6 Å². The van der Waals surface area contributed by atoms with Crippen molar-refractivity contribution in [1.82, 2.24) is 4.98 Å². The van der Waals surface area contributed by atoms with Crippen molar-refractivity contribution >= 4 is 17.4 Å². The minimum absolute atomic E-state index is 0.0203. The minimum Gasteiger partial charge on any atom is -0.368 e. The van der Waals surface area contributed by atoms with Crippen LogP contribution in [-0.2, 0) is 4.74 Å². The highest BCUT2D eigenvalue weighted by atomic mass is 35.5. The van der Waals surface area contributed by atoms with E-state index in [-0.39, 0.29) is 17.7 Å². The van der Waals surface area contributed by atoms with E-state index in [9.17, 15) is 5.21 Å². The average molecular weight is 283 g/mol. The van der Waals surface area contributed by atoms with Crippen LogP contribution in [0.5, 0.6) is 0 Å². The molecule has 5 heteroatoms. The van der Waals surface area contributed by atoms with Crippen LogP contribution in [0.1, 0.15) is 27.2 Å². The fourth-order valence-electron chi connectivity index (χ4n) is 2.04. The maximum Gasteiger partial charge on any atom is 0.152 e. The SMILES string of the molecule is CC(C)(C)O[C@H]1C=C[C@H](N(O)c2ccc(Cl)cn2)C1. The molecule has 1 aliphatic rings. The zero-order valence-electron chi connectivity index (χ0n) is 11.4. The number of hydrogen-bond acceptors (Lipinski definition) is 4. The first-order valence-corrected chi connectivity index (χ1v) is 6.69. The number of rotatable bonds is 3. The fraction of sp³-hybridized carbons (Fsp3) is 0.500. The second-order valence-electron chi connectivity index (χ2n) is 5.64. The van der Waals surface area contributed by atoms with Crippen molar-refractivity contribution in [2.24, 2.45) is 0 Å². The van der Waals surface area contributed by atoms with Gasteiger partial charge in [-0.25, -0.2) is 10.0 Å². The zero-order valence-corrected chi connectivity index (χ0v) is 12.1. The molecular formula is C14H19ClN2O2. The normalized spacial score (nSPS) is 22.8. The van der Waals surface area contributed by atoms with Crippen LogP contribution in [-0.4, -0.2) is 27.9 Å². The molecule has 0 saturated heterocycles. The molecule has 0 aliphatic heterocycles. The van der Waals surface area contributed by atoms with Crippen molar-refractivity contribution in [3.05, 3.63) is 35.5 Å². The third-order valence-corrected chi connectivity index (χ3v) is 3.01. The van der Waals surface area contributed by atoms with Gasteiger partial charge in [-0.15, -0.1) is 0 Å². The lowest BCUT2D eigenvalue weighted by Gasteiger charge is -2.26. The molecule has 19 heavy (non-hydrogen) atoms. The van der Waals surface area contributed by atoms with E-state index in [2.05, 4.69) is 4.98 Å². The van der Waals surface area contributed by atoms with Crippen LogP contribution in [0.25, 0.3) is 0 Å². The number of ether oxygens (including phenoxy) is 1. The number of nitrogens with zero attached hydrogens (tertiary/aromatic N) is 2. The van der Waals surface area contributed by atoms with E-state index in [1.54, 1.807) is 12.1 Å². The minimum atomic E-state index is -0.192. The van der Waals surface area contributed by atoms with Gasteiger partial charge in [0.1, 0.15) is 0 Å². The third-order valence-electron chi connectivity index (χ3n) is 2.79. The summed E-state index contributed by atoms with van der Waals surface area (Å²) in [5.41, 5.74) is -0.192. The number of halogens is 1. The molecule has 0 unspecified atom stereocenters. The molecule has 0 saturated carbocycles. The lowest BCUT2D eigenvalue weighted by molar-refractivity contribution is -0.0400. The monoisotopic (exact) mass is 282 g/mol. The molecule has 0 bridgehead atoms. The van der Waals surface area contributed by atoms with Crippen molar-refractivity contribution < 1.29 is 9.94 Å². The quantitative estimate of drug-likeness (QED) is 0.681. The Morgan fingerprint density at radius 1 is 1.37 bits per heavy atom. The van der Waals surface area contributed by atoms with Crippen LogP contribution in [0.4, 0.5) is 5.82 Å². The summed E-state index contributed by atoms with van der Waals surface area (Å²) in [7, 11) is 0. The molecule has 0 spiro atoms. The van der Waals surface area contributed by atoms with Crippen molar-refractivity contribution in [3.8, 4) is 0 Å². The van der Waals surface area contributed by atoms with E-state index in [4.69, 9.17) is 16.3 Å². The van der Waals surface area contributed by atoms with Gasteiger partial charge in [0.2, 0.25) is 0 Å². The Kier molecular flexibility index (Phi) is 4.13. The molecule has 1 aromatic rings. The number of hydroxylamine groups is 1. The van der Waals surface area contributed by atoms with E-state index in [1.807, 2.05) is 32.9 Å². The Balaban J connectivity index is 1.97. The van der Waals surface area contributed by atoms with E-state index >= 15 is 0 Å². The largest absolute Gasteiger partial charge is 0.368 e. The molecule has 0 aromatic carbocycles. The molecule has 0 fully saturated rings. The summed E-state index contributed by atoms with van der Waals surface area (Å²) in [6.07, 6.45) is 6.16. The standard InChI is InChI=1S/C14H19ClN2O2/c1-14(2,3)19-12-6-5-11(8-12)17(18)13-7-4-10(15)9-16-13/h4-7,9,11-12,18H,8H2,1-3H3/t11-,12-/m0/s1. The number of hydrogen-bond donors (Lipinski definition) is 1. The van der Waals surface area contributed by atoms with E-state index in [0.717, 1.165) is 5.06 Å². The summed E-state index contributed by atoms with van der Waals surface area (Å²) in [4.78, 5) is 4.09. The molecule has 1 N–H and O–H groups in total. The Labute approximate surface area is 118 Å². The molecule has 1 heterocycles. The molecular weight excluding hydrogens is 264 g/mol. The first-order valence-electron chi connectivity index (χ1n) is 6.31. The smallest absolute Gasteiger partial charge is 0.152 e. The molecule has 4 nitrogen and oxygen atoms in total. The first kappa shape index (κ1) is 14.3. The highest BCUT2D eigenvalue weighted by Crippen LogP contribution is 2.25.